The van der Waals surface area contributed by atoms with E-state index < -0.39 is 35.3 Å². The second kappa shape index (κ2) is 9.24. The number of nitrogens with one attached hydrogen (secondary N) is 1. The largest absolute Gasteiger partial charge is 0.494 e. The zero-order valence-electron chi connectivity index (χ0n) is 20.4. The SMILES string of the molecule is CCOc1ccc(N2C(=O)[C@H]3[C@@H](C2=O)[C@@](C(=O)OC)(c2ccccc2)N[C@H]3c2ccccc2C)cc1. The predicted molar refractivity (Wildman–Crippen MR) is 134 cm³/mol. The van der Waals surface area contributed by atoms with Gasteiger partial charge in [-0.2, -0.15) is 0 Å². The van der Waals surface area contributed by atoms with E-state index in [9.17, 15) is 14.4 Å². The van der Waals surface area contributed by atoms with E-state index in [2.05, 4.69) is 5.32 Å². The van der Waals surface area contributed by atoms with Crippen molar-refractivity contribution in [1.82, 2.24) is 5.32 Å². The van der Waals surface area contributed by atoms with E-state index in [1.165, 1.54) is 12.0 Å². The number of imide groups is 1. The van der Waals surface area contributed by atoms with Gasteiger partial charge >= 0.3 is 5.97 Å². The summed E-state index contributed by atoms with van der Waals surface area (Å²) in [5, 5.41) is 3.43. The van der Waals surface area contributed by atoms with Gasteiger partial charge in [0.25, 0.3) is 0 Å². The van der Waals surface area contributed by atoms with Gasteiger partial charge in [0, 0.05) is 6.04 Å². The van der Waals surface area contributed by atoms with Crippen LogP contribution < -0.4 is 15.0 Å². The maximum atomic E-state index is 14.1. The lowest BCUT2D eigenvalue weighted by atomic mass is 9.75. The highest BCUT2D eigenvalue weighted by atomic mass is 16.5. The van der Waals surface area contributed by atoms with Gasteiger partial charge in [-0.1, -0.05) is 54.6 Å². The number of ether oxygens (including phenoxy) is 2. The van der Waals surface area contributed by atoms with Crippen LogP contribution in [-0.2, 0) is 24.7 Å². The van der Waals surface area contributed by atoms with E-state index in [0.717, 1.165) is 11.1 Å². The molecule has 4 atom stereocenters. The molecule has 36 heavy (non-hydrogen) atoms. The van der Waals surface area contributed by atoms with Crippen LogP contribution in [-0.4, -0.2) is 31.5 Å². The number of rotatable bonds is 6. The van der Waals surface area contributed by atoms with Crippen LogP contribution in [0.4, 0.5) is 5.69 Å². The Morgan fingerprint density at radius 2 is 1.61 bits per heavy atom. The summed E-state index contributed by atoms with van der Waals surface area (Å²) in [6.45, 7) is 4.35. The molecule has 7 heteroatoms. The van der Waals surface area contributed by atoms with E-state index in [-0.39, 0.29) is 5.91 Å². The second-order valence-electron chi connectivity index (χ2n) is 9.09. The maximum Gasteiger partial charge on any atom is 0.331 e. The molecule has 2 fully saturated rings. The van der Waals surface area contributed by atoms with E-state index in [1.54, 1.807) is 36.4 Å². The molecule has 0 aromatic heterocycles. The Labute approximate surface area is 210 Å². The van der Waals surface area contributed by atoms with E-state index in [1.807, 2.05) is 56.3 Å². The van der Waals surface area contributed by atoms with Crippen molar-refractivity contribution in [2.24, 2.45) is 11.8 Å². The van der Waals surface area contributed by atoms with E-state index in [0.29, 0.717) is 23.6 Å². The van der Waals surface area contributed by atoms with E-state index >= 15 is 0 Å². The highest BCUT2D eigenvalue weighted by molar-refractivity contribution is 6.24. The number of hydrogen-bond donors (Lipinski definition) is 1. The minimum Gasteiger partial charge on any atom is -0.494 e. The molecule has 0 saturated carbocycles. The molecule has 7 nitrogen and oxygen atoms in total. The quantitative estimate of drug-likeness (QED) is 0.422. The Bertz CT molecular complexity index is 1310. The molecular formula is C29H28N2O5. The lowest BCUT2D eigenvalue weighted by Crippen LogP contribution is -2.53. The smallest absolute Gasteiger partial charge is 0.331 e. The molecule has 0 bridgehead atoms. The fraction of sp³-hybridized carbons (Fsp3) is 0.276. The minimum absolute atomic E-state index is 0.350. The molecule has 3 aromatic rings. The zero-order valence-corrected chi connectivity index (χ0v) is 20.4. The molecule has 0 unspecified atom stereocenters. The van der Waals surface area contributed by atoms with Gasteiger partial charge in [0.2, 0.25) is 11.8 Å². The lowest BCUT2D eigenvalue weighted by molar-refractivity contribution is -0.152. The maximum absolute atomic E-state index is 14.1. The van der Waals surface area contributed by atoms with Gasteiger partial charge < -0.3 is 9.47 Å². The number of nitrogens with zero attached hydrogens (tertiary/aromatic N) is 1. The molecule has 184 valence electrons. The van der Waals surface area contributed by atoms with Gasteiger partial charge in [-0.15, -0.1) is 0 Å². The molecule has 3 aromatic carbocycles. The molecule has 0 radical (unpaired) electrons. The number of benzene rings is 3. The molecule has 0 spiro atoms. The molecule has 2 aliphatic rings. The Kier molecular flexibility index (Phi) is 6.10. The first-order valence-electron chi connectivity index (χ1n) is 12.0. The number of methoxy groups -OCH3 is 1. The van der Waals surface area contributed by atoms with Crippen LogP contribution in [0.15, 0.2) is 78.9 Å². The average Bonchev–Trinajstić information content (AvgIpc) is 3.39. The summed E-state index contributed by atoms with van der Waals surface area (Å²) in [6, 6.07) is 23.0. The summed E-state index contributed by atoms with van der Waals surface area (Å²) in [5.74, 6) is -2.54. The number of carbonyl (C=O) groups is 3. The van der Waals surface area contributed by atoms with Crippen LogP contribution in [0, 0.1) is 18.8 Å². The first kappa shape index (κ1) is 23.8. The summed E-state index contributed by atoms with van der Waals surface area (Å²) < 4.78 is 10.8. The van der Waals surface area contributed by atoms with E-state index in [4.69, 9.17) is 9.47 Å². The van der Waals surface area contributed by atoms with Gasteiger partial charge in [-0.25, -0.2) is 9.69 Å². The normalized spacial score (nSPS) is 25.1. The third-order valence-corrected chi connectivity index (χ3v) is 7.23. The number of hydrogen-bond acceptors (Lipinski definition) is 6. The third kappa shape index (κ3) is 3.50. The number of anilines is 1. The van der Waals surface area contributed by atoms with Crippen molar-refractivity contribution in [3.63, 3.8) is 0 Å². The summed E-state index contributed by atoms with van der Waals surface area (Å²) >= 11 is 0. The molecule has 2 saturated heterocycles. The molecule has 5 rings (SSSR count). The van der Waals surface area contributed by atoms with Crippen molar-refractivity contribution in [2.75, 3.05) is 18.6 Å². The fourth-order valence-corrected chi connectivity index (χ4v) is 5.66. The Hall–Kier alpha value is -3.97. The average molecular weight is 485 g/mol. The highest BCUT2D eigenvalue weighted by Crippen LogP contribution is 2.54. The van der Waals surface area contributed by atoms with Crippen LogP contribution in [0.25, 0.3) is 0 Å². The predicted octanol–water partition coefficient (Wildman–Crippen LogP) is 3.91. The molecule has 0 aliphatic carbocycles. The van der Waals surface area contributed by atoms with Gasteiger partial charge in [0.15, 0.2) is 5.54 Å². The molecule has 2 aliphatic heterocycles. The monoisotopic (exact) mass is 484 g/mol. The lowest BCUT2D eigenvalue weighted by Gasteiger charge is -2.33. The van der Waals surface area contributed by atoms with Crippen molar-refractivity contribution in [2.45, 2.75) is 25.4 Å². The van der Waals surface area contributed by atoms with Crippen LogP contribution in [0.1, 0.15) is 29.7 Å². The van der Waals surface area contributed by atoms with Crippen molar-refractivity contribution in [1.29, 1.82) is 0 Å². The second-order valence-corrected chi connectivity index (χ2v) is 9.09. The number of fused-ring (bicyclic) bond motifs is 1. The van der Waals surface area contributed by atoms with Crippen molar-refractivity contribution in [3.8, 4) is 5.75 Å². The minimum atomic E-state index is -1.53. The van der Waals surface area contributed by atoms with Crippen molar-refractivity contribution >= 4 is 23.5 Å². The van der Waals surface area contributed by atoms with Crippen LogP contribution in [0.5, 0.6) is 5.75 Å². The molecule has 1 N–H and O–H groups in total. The number of carbonyl (C=O) groups excluding carboxylic acids is 3. The van der Waals surface area contributed by atoms with Crippen LogP contribution in [0.2, 0.25) is 0 Å². The summed E-state index contributed by atoms with van der Waals surface area (Å²) in [7, 11) is 1.30. The van der Waals surface area contributed by atoms with Crippen molar-refractivity contribution < 1.29 is 23.9 Å². The fourth-order valence-electron chi connectivity index (χ4n) is 5.66. The topological polar surface area (TPSA) is 84.9 Å². The highest BCUT2D eigenvalue weighted by Gasteiger charge is 2.69. The third-order valence-electron chi connectivity index (χ3n) is 7.23. The van der Waals surface area contributed by atoms with Gasteiger partial charge in [0.05, 0.1) is 31.2 Å². The van der Waals surface area contributed by atoms with Crippen LogP contribution in [0.3, 0.4) is 0 Å². The summed E-state index contributed by atoms with van der Waals surface area (Å²) in [5.41, 5.74) is 1.32. The first-order valence-corrected chi connectivity index (χ1v) is 12.0. The van der Waals surface area contributed by atoms with Gasteiger partial charge in [-0.05, 0) is 54.8 Å². The Balaban J connectivity index is 1.69. The molecule has 2 heterocycles. The number of amides is 2. The summed E-state index contributed by atoms with van der Waals surface area (Å²) in [4.78, 5) is 42.9. The molecular weight excluding hydrogens is 456 g/mol. The van der Waals surface area contributed by atoms with Gasteiger partial charge in [0.1, 0.15) is 5.75 Å². The van der Waals surface area contributed by atoms with Gasteiger partial charge in [-0.3, -0.25) is 14.9 Å². The van der Waals surface area contributed by atoms with Crippen molar-refractivity contribution in [3.05, 3.63) is 95.6 Å². The first-order chi connectivity index (χ1) is 17.4. The number of aryl methyl sites for hydroxylation is 1. The summed E-state index contributed by atoms with van der Waals surface area (Å²) in [6.07, 6.45) is 0. The Morgan fingerprint density at radius 1 is 0.944 bits per heavy atom. The zero-order chi connectivity index (χ0) is 25.4. The standard InChI is InChI=1S/C29H28N2O5/c1-4-36-21-16-14-20(15-17-21)31-26(32)23-24(27(31)33)29(28(34)35-3,19-11-6-5-7-12-19)30-25(23)22-13-9-8-10-18(22)2/h5-17,23-25,30H,4H2,1-3H3/t23-,24-,25-,29+/m0/s1. The number of esters is 1. The van der Waals surface area contributed by atoms with Crippen LogP contribution >= 0.6 is 0 Å². The Morgan fingerprint density at radius 3 is 2.25 bits per heavy atom. The molecule has 2 amide bonds.